The molecule has 0 unspecified atom stereocenters. The molecule has 0 aromatic heterocycles. The van der Waals surface area contributed by atoms with Crippen molar-refractivity contribution in [3.8, 4) is 0 Å². The van der Waals surface area contributed by atoms with Gasteiger partial charge in [0.25, 0.3) is 0 Å². The molecule has 0 spiro atoms. The molecule has 1 saturated heterocycles. The lowest BCUT2D eigenvalue weighted by molar-refractivity contribution is -0.0598. The van der Waals surface area contributed by atoms with Gasteiger partial charge < -0.3 is 14.7 Å². The normalized spacial score (nSPS) is 41.0. The summed E-state index contributed by atoms with van der Waals surface area (Å²) in [6.07, 6.45) is 17.8. The van der Waals surface area contributed by atoms with E-state index in [1.807, 2.05) is 0 Å². The first-order valence-corrected chi connectivity index (χ1v) is 15.9. The van der Waals surface area contributed by atoms with Crippen LogP contribution in [-0.4, -0.2) is 41.4 Å². The largest absolute Gasteiger partial charge is 0.446 e. The van der Waals surface area contributed by atoms with E-state index in [1.54, 1.807) is 10.5 Å². The first kappa shape index (κ1) is 27.5. The molecule has 1 heterocycles. The Hall–Kier alpha value is -1.03. The van der Waals surface area contributed by atoms with Crippen molar-refractivity contribution in [1.29, 1.82) is 0 Å². The zero-order valence-corrected chi connectivity index (χ0v) is 24.5. The van der Waals surface area contributed by atoms with Gasteiger partial charge in [0.15, 0.2) is 0 Å². The van der Waals surface area contributed by atoms with Crippen molar-refractivity contribution in [1.82, 2.24) is 4.90 Å². The molecular weight excluding hydrogens is 458 g/mol. The average molecular weight is 514 g/mol. The lowest BCUT2D eigenvalue weighted by atomic mass is 9.47. The first-order valence-electron chi connectivity index (χ1n) is 15.9. The number of carbonyl (C=O) groups is 1. The molecule has 4 fully saturated rings. The molecule has 0 radical (unpaired) electrons. The van der Waals surface area contributed by atoms with E-state index >= 15 is 0 Å². The number of fused-ring (bicyclic) bond motifs is 5. The minimum Gasteiger partial charge on any atom is -0.446 e. The fraction of sp³-hybridized carbons (Fsp3) is 0.909. The average Bonchev–Trinajstić information content (AvgIpc) is 3.21. The molecule has 1 aliphatic heterocycles. The summed E-state index contributed by atoms with van der Waals surface area (Å²) >= 11 is 0. The van der Waals surface area contributed by atoms with Gasteiger partial charge in [-0.25, -0.2) is 4.79 Å². The fourth-order valence-corrected chi connectivity index (χ4v) is 10.0. The van der Waals surface area contributed by atoms with Gasteiger partial charge in [0, 0.05) is 19.5 Å². The molecule has 1 amide bonds. The second-order valence-corrected chi connectivity index (χ2v) is 14.8. The van der Waals surface area contributed by atoms with Gasteiger partial charge in [0.05, 0.1) is 6.10 Å². The lowest BCUT2D eigenvalue weighted by Crippen LogP contribution is -2.51. The molecule has 0 bridgehead atoms. The van der Waals surface area contributed by atoms with Crippen LogP contribution in [-0.2, 0) is 4.74 Å². The van der Waals surface area contributed by atoms with Crippen molar-refractivity contribution < 1.29 is 14.6 Å². The number of carbonyl (C=O) groups excluding carboxylic acids is 1. The number of aliphatic hydroxyl groups is 1. The maximum absolute atomic E-state index is 12.8. The topological polar surface area (TPSA) is 49.8 Å². The second-order valence-electron chi connectivity index (χ2n) is 14.8. The summed E-state index contributed by atoms with van der Waals surface area (Å²) in [6.45, 7) is 13.8. The van der Waals surface area contributed by atoms with Crippen molar-refractivity contribution in [2.24, 2.45) is 46.3 Å². The number of hydrogen-bond acceptors (Lipinski definition) is 3. The maximum atomic E-state index is 12.8. The standard InChI is InChI=1S/C33H55NO3/c1-22(2)7-6-8-23(3)28-11-12-29-27-10-9-24-21-26(37-31(36)34-19-15-25(35)16-20-34)13-17-32(24,4)30(27)14-18-33(28,29)5/h9,22-23,25-30,35H,6-8,10-21H2,1-5H3/t23-,26+,27+,28-,29+,30+,32+,33-/m1/s1. The lowest BCUT2D eigenvalue weighted by Gasteiger charge is -2.58. The van der Waals surface area contributed by atoms with E-state index < -0.39 is 0 Å². The number of piperidine rings is 1. The van der Waals surface area contributed by atoms with Gasteiger partial charge in [-0.2, -0.15) is 0 Å². The molecule has 4 heteroatoms. The van der Waals surface area contributed by atoms with Gasteiger partial charge >= 0.3 is 6.09 Å². The van der Waals surface area contributed by atoms with Crippen LogP contribution in [0, 0.1) is 46.3 Å². The molecule has 1 N–H and O–H groups in total. The Morgan fingerprint density at radius 1 is 1.03 bits per heavy atom. The highest BCUT2D eigenvalue weighted by atomic mass is 16.6. The van der Waals surface area contributed by atoms with Crippen LogP contribution < -0.4 is 0 Å². The van der Waals surface area contributed by atoms with E-state index in [-0.39, 0.29) is 18.3 Å². The van der Waals surface area contributed by atoms with Crippen molar-refractivity contribution in [3.63, 3.8) is 0 Å². The molecule has 4 aliphatic carbocycles. The Kier molecular flexibility index (Phi) is 8.08. The Labute approximate surface area is 227 Å². The van der Waals surface area contributed by atoms with E-state index in [4.69, 9.17) is 4.74 Å². The minimum atomic E-state index is -0.264. The monoisotopic (exact) mass is 513 g/mol. The van der Waals surface area contributed by atoms with E-state index in [1.165, 1.54) is 51.4 Å². The Morgan fingerprint density at radius 3 is 2.51 bits per heavy atom. The van der Waals surface area contributed by atoms with Crippen LogP contribution in [0.3, 0.4) is 0 Å². The molecule has 37 heavy (non-hydrogen) atoms. The minimum absolute atomic E-state index is 0.0200. The Bertz CT molecular complexity index is 845. The quantitative estimate of drug-likeness (QED) is 0.366. The molecule has 5 aliphatic rings. The zero-order valence-electron chi connectivity index (χ0n) is 24.5. The third kappa shape index (κ3) is 5.27. The summed E-state index contributed by atoms with van der Waals surface area (Å²) in [5.74, 6) is 5.15. The highest BCUT2D eigenvalue weighted by Gasteiger charge is 2.59. The number of ether oxygens (including phenoxy) is 1. The summed E-state index contributed by atoms with van der Waals surface area (Å²) in [4.78, 5) is 14.6. The van der Waals surface area contributed by atoms with Crippen molar-refractivity contribution >= 4 is 6.09 Å². The molecule has 210 valence electrons. The molecule has 0 aromatic rings. The number of likely N-dealkylation sites (tertiary alicyclic amines) is 1. The van der Waals surface area contributed by atoms with Crippen LogP contribution in [0.2, 0.25) is 0 Å². The number of rotatable bonds is 6. The smallest absolute Gasteiger partial charge is 0.410 e. The van der Waals surface area contributed by atoms with Crippen molar-refractivity contribution in [2.75, 3.05) is 13.1 Å². The molecule has 5 rings (SSSR count). The molecule has 8 atom stereocenters. The van der Waals surface area contributed by atoms with Crippen LogP contribution in [0.15, 0.2) is 11.6 Å². The van der Waals surface area contributed by atoms with Gasteiger partial charge in [-0.15, -0.1) is 0 Å². The van der Waals surface area contributed by atoms with Crippen LogP contribution in [0.5, 0.6) is 0 Å². The van der Waals surface area contributed by atoms with Gasteiger partial charge in [0.2, 0.25) is 0 Å². The number of aliphatic hydroxyl groups excluding tert-OH is 1. The molecule has 3 saturated carbocycles. The maximum Gasteiger partial charge on any atom is 0.410 e. The van der Waals surface area contributed by atoms with Crippen LogP contribution in [0.25, 0.3) is 0 Å². The van der Waals surface area contributed by atoms with E-state index in [9.17, 15) is 9.90 Å². The van der Waals surface area contributed by atoms with Crippen LogP contribution in [0.4, 0.5) is 4.79 Å². The third-order valence-electron chi connectivity index (χ3n) is 12.3. The molecular formula is C33H55NO3. The van der Waals surface area contributed by atoms with E-state index in [0.717, 1.165) is 54.8 Å². The van der Waals surface area contributed by atoms with Gasteiger partial charge in [-0.05, 0) is 104 Å². The van der Waals surface area contributed by atoms with Crippen molar-refractivity contribution in [3.05, 3.63) is 11.6 Å². The Morgan fingerprint density at radius 2 is 1.78 bits per heavy atom. The Balaban J connectivity index is 1.22. The summed E-state index contributed by atoms with van der Waals surface area (Å²) in [7, 11) is 0. The SMILES string of the molecule is CC(C)CCC[C@@H](C)[C@H]1CC[C@H]2[C@@H]3CC=C4C[C@@H](OC(=O)N5CCC(O)CC5)CC[C@]4(C)[C@H]3CC[C@]12C. The van der Waals surface area contributed by atoms with Crippen LogP contribution >= 0.6 is 0 Å². The second kappa shape index (κ2) is 10.9. The van der Waals surface area contributed by atoms with Gasteiger partial charge in [-0.1, -0.05) is 65.5 Å². The molecule has 0 aromatic carbocycles. The number of nitrogens with zero attached hydrogens (tertiary/aromatic N) is 1. The molecule has 4 nitrogen and oxygen atoms in total. The van der Waals surface area contributed by atoms with Gasteiger partial charge in [-0.3, -0.25) is 0 Å². The summed E-state index contributed by atoms with van der Waals surface area (Å²) < 4.78 is 6.03. The number of allylic oxidation sites excluding steroid dienone is 1. The fourth-order valence-electron chi connectivity index (χ4n) is 10.0. The summed E-state index contributed by atoms with van der Waals surface area (Å²) in [6, 6.07) is 0. The van der Waals surface area contributed by atoms with E-state index in [0.29, 0.717) is 36.8 Å². The highest BCUT2D eigenvalue weighted by Crippen LogP contribution is 2.67. The first-order chi connectivity index (χ1) is 17.6. The predicted octanol–water partition coefficient (Wildman–Crippen LogP) is 7.99. The van der Waals surface area contributed by atoms with Crippen molar-refractivity contribution in [2.45, 2.75) is 130 Å². The van der Waals surface area contributed by atoms with E-state index in [2.05, 4.69) is 40.7 Å². The van der Waals surface area contributed by atoms with Gasteiger partial charge in [0.1, 0.15) is 6.10 Å². The predicted molar refractivity (Wildman–Crippen MR) is 150 cm³/mol. The number of hydrogen-bond donors (Lipinski definition) is 1. The zero-order chi connectivity index (χ0) is 26.4. The summed E-state index contributed by atoms with van der Waals surface area (Å²) in [5, 5.41) is 9.76. The van der Waals surface area contributed by atoms with Crippen LogP contribution in [0.1, 0.15) is 118 Å². The highest BCUT2D eigenvalue weighted by molar-refractivity contribution is 5.68. The summed E-state index contributed by atoms with van der Waals surface area (Å²) in [5.41, 5.74) is 2.42. The third-order valence-corrected chi connectivity index (χ3v) is 12.3. The number of amides is 1.